The maximum atomic E-state index is 4.38. The molecule has 0 spiro atoms. The van der Waals surface area contributed by atoms with Gasteiger partial charge in [0.1, 0.15) is 0 Å². The summed E-state index contributed by atoms with van der Waals surface area (Å²) in [6.07, 6.45) is 8.28. The van der Waals surface area contributed by atoms with Gasteiger partial charge in [-0.05, 0) is 29.0 Å². The van der Waals surface area contributed by atoms with E-state index >= 15 is 0 Å². The smallest absolute Gasteiger partial charge is 0.130 e. The first-order valence-corrected chi connectivity index (χ1v) is 19.5. The van der Waals surface area contributed by atoms with Crippen LogP contribution in [0.3, 0.4) is 0 Å². The van der Waals surface area contributed by atoms with Crippen LogP contribution in [0.4, 0.5) is 0 Å². The van der Waals surface area contributed by atoms with Gasteiger partial charge in [0, 0.05) is 4.91 Å². The van der Waals surface area contributed by atoms with Gasteiger partial charge in [-0.15, -0.1) is 11.8 Å². The fraction of sp³-hybridized carbons (Fsp3) is 0.0556. The van der Waals surface area contributed by atoms with Crippen molar-refractivity contribution in [3.63, 3.8) is 0 Å². The molecule has 5 aromatic rings. The first-order valence-electron chi connectivity index (χ1n) is 13.3. The monoisotopic (exact) mass is 595 g/mol. The second-order valence-electron chi connectivity index (χ2n) is 9.90. The molecule has 0 saturated carbocycles. The van der Waals surface area contributed by atoms with Crippen LogP contribution in [0.2, 0.25) is 1.89 Å². The Balaban J connectivity index is 1.49. The minimum Gasteiger partial charge on any atom is -0.130 e. The van der Waals surface area contributed by atoms with Crippen LogP contribution in [0.5, 0.6) is 0 Å². The Morgan fingerprint density at radius 1 is 0.744 bits per heavy atom. The summed E-state index contributed by atoms with van der Waals surface area (Å²) in [6, 6.07) is 31.4. The maximum absolute atomic E-state index is 4.38. The van der Waals surface area contributed by atoms with Crippen molar-refractivity contribution in [3.8, 4) is 11.1 Å². The van der Waals surface area contributed by atoms with E-state index in [9.17, 15) is 0 Å². The van der Waals surface area contributed by atoms with Gasteiger partial charge in [-0.25, -0.2) is 0 Å². The summed E-state index contributed by atoms with van der Waals surface area (Å²) in [6.45, 7) is 12.5. The summed E-state index contributed by atoms with van der Waals surface area (Å²) in [5.41, 5.74) is 8.33. The second-order valence-corrected chi connectivity index (χ2v) is 14.0. The van der Waals surface area contributed by atoms with E-state index in [1.54, 1.807) is 11.8 Å². The van der Waals surface area contributed by atoms with Gasteiger partial charge >= 0.3 is 190 Å². The minimum atomic E-state index is -0.786. The van der Waals surface area contributed by atoms with Crippen LogP contribution in [-0.4, -0.2) is 48.1 Å². The fourth-order valence-electron chi connectivity index (χ4n) is 5.46. The van der Waals surface area contributed by atoms with E-state index in [-0.39, 0.29) is 0 Å². The third-order valence-electron chi connectivity index (χ3n) is 7.68. The summed E-state index contributed by atoms with van der Waals surface area (Å²) in [5.74, 6) is 0. The summed E-state index contributed by atoms with van der Waals surface area (Å²) < 4.78 is 4.89. The normalized spacial score (nSPS) is 12.9. The molecule has 0 aliphatic carbocycles. The van der Waals surface area contributed by atoms with Crippen LogP contribution in [-0.2, 0) is 0 Å². The minimum absolute atomic E-state index is 0.786. The molecule has 1 aliphatic heterocycles. The Morgan fingerprint density at radius 3 is 2.05 bits per heavy atom. The first kappa shape index (κ1) is 26.4. The molecule has 0 amide bonds. The average molecular weight is 595 g/mol. The summed E-state index contributed by atoms with van der Waals surface area (Å²) >= 11 is 0.843. The van der Waals surface area contributed by atoms with Crippen LogP contribution in [0, 0.1) is 0 Å². The molecule has 0 unspecified atom stereocenters. The molecule has 0 radical (unpaired) electrons. The van der Waals surface area contributed by atoms with Crippen molar-refractivity contribution in [1.82, 2.24) is 0.368 Å². The van der Waals surface area contributed by atoms with Crippen molar-refractivity contribution in [2.75, 3.05) is 6.26 Å². The zero-order valence-corrected chi connectivity index (χ0v) is 26.8. The molecule has 0 saturated heterocycles. The molecule has 5 aromatic carbocycles. The van der Waals surface area contributed by atoms with Gasteiger partial charge in [-0.3, -0.25) is 0 Å². The quantitative estimate of drug-likeness (QED) is 0.0998. The predicted molar refractivity (Wildman–Crippen MR) is 176 cm³/mol. The summed E-state index contributed by atoms with van der Waals surface area (Å²) in [4.78, 5) is 0.990. The van der Waals surface area contributed by atoms with Gasteiger partial charge < -0.3 is 0 Å². The summed E-state index contributed by atoms with van der Waals surface area (Å²) in [7, 11) is 0. The molecule has 0 fully saturated rings. The number of rotatable bonds is 8. The van der Waals surface area contributed by atoms with Gasteiger partial charge in [-0.1, -0.05) is 25.8 Å². The fourth-order valence-corrected chi connectivity index (χ4v) is 8.00. The van der Waals surface area contributed by atoms with Gasteiger partial charge in [0.2, 0.25) is 0 Å². The second kappa shape index (κ2) is 11.0. The van der Waals surface area contributed by atoms with Crippen LogP contribution in [0.15, 0.2) is 133 Å². The van der Waals surface area contributed by atoms with E-state index < -0.39 is 41.4 Å². The molecule has 0 aromatic heterocycles. The Hall–Kier alpha value is -2.79. The topological polar surface area (TPSA) is 3.01 Å². The number of hydrogen-bond acceptors (Lipinski definition) is 2. The molecule has 6 rings (SSSR count). The van der Waals surface area contributed by atoms with E-state index in [4.69, 9.17) is 0 Å². The Morgan fingerprint density at radius 2 is 1.38 bits per heavy atom. The number of thioether (sulfide) groups is 1. The molecule has 1 nitrogen and oxygen atoms in total. The molecular weight excluding hydrogens is 566 g/mol. The molecular formula is C36H29NSSr. The Kier molecular flexibility index (Phi) is 7.45. The van der Waals surface area contributed by atoms with Crippen molar-refractivity contribution in [1.29, 1.82) is 0 Å². The predicted octanol–water partition coefficient (Wildman–Crippen LogP) is 10.1. The van der Waals surface area contributed by atoms with Gasteiger partial charge in [-0.2, -0.15) is 0 Å². The molecule has 0 atom stereocenters. The molecule has 1 heterocycles. The SMILES string of the molecule is C=C/C(=C\C(=C)c1ccc2c3ccc(-c4cccc(C5=C[N]5[Sr][CH3])c4)cc3c3ccccc3c2c1)C(=C)SC. The van der Waals surface area contributed by atoms with Crippen LogP contribution < -0.4 is 0 Å². The number of nitrogens with zero attached hydrogens (tertiary/aromatic N) is 1. The van der Waals surface area contributed by atoms with E-state index in [2.05, 4.69) is 119 Å². The zero-order valence-electron chi connectivity index (χ0n) is 22.5. The van der Waals surface area contributed by atoms with E-state index in [1.165, 1.54) is 54.7 Å². The molecule has 3 heteroatoms. The van der Waals surface area contributed by atoms with Crippen molar-refractivity contribution in [2.24, 2.45) is 0 Å². The third-order valence-corrected chi connectivity index (χ3v) is 11.4. The molecule has 0 bridgehead atoms. The van der Waals surface area contributed by atoms with Crippen molar-refractivity contribution in [2.45, 2.75) is 1.89 Å². The molecule has 0 N–H and O–H groups in total. The van der Waals surface area contributed by atoms with Crippen LogP contribution in [0.1, 0.15) is 11.1 Å². The number of hydrogen-bond donors (Lipinski definition) is 0. The van der Waals surface area contributed by atoms with Crippen molar-refractivity contribution in [3.05, 3.63) is 145 Å². The van der Waals surface area contributed by atoms with Crippen LogP contribution >= 0.6 is 11.8 Å². The molecule has 1 aliphatic rings. The number of allylic oxidation sites excluding steroid dienone is 4. The van der Waals surface area contributed by atoms with E-state index in [0.29, 0.717) is 0 Å². The van der Waals surface area contributed by atoms with Gasteiger partial charge in [0.05, 0.1) is 0 Å². The van der Waals surface area contributed by atoms with E-state index in [0.717, 1.165) is 21.6 Å². The van der Waals surface area contributed by atoms with Crippen LogP contribution in [0.25, 0.3) is 54.7 Å². The number of fused-ring (bicyclic) bond motifs is 6. The standard InChI is InChI=1S/C35H26NS.CH3.Sr/c1-5-24(23(3)37-4)17-22(2)25-13-15-31-32-16-14-27(26-9-8-10-28(18-26)35-21-36-35)20-34(32)30-12-7-6-11-29(30)33(31)19-25;;/h5-21H,1-3H2,4H3;1H3;/q-1;;+1/b24-17+;;. The Labute approximate surface area is 258 Å². The zero-order chi connectivity index (χ0) is 27.1. The third kappa shape index (κ3) is 4.99. The van der Waals surface area contributed by atoms with Gasteiger partial charge in [0.25, 0.3) is 0 Å². The average Bonchev–Trinajstić information content (AvgIpc) is 3.79. The summed E-state index contributed by atoms with van der Waals surface area (Å²) in [5, 5.41) is 7.60. The molecule has 186 valence electrons. The van der Waals surface area contributed by atoms with E-state index in [1.807, 2.05) is 12.3 Å². The molecule has 39 heavy (non-hydrogen) atoms. The first-order chi connectivity index (χ1) is 19.0. The van der Waals surface area contributed by atoms with Crippen molar-refractivity contribution < 1.29 is 0 Å². The number of benzene rings is 5. The van der Waals surface area contributed by atoms with Gasteiger partial charge in [0.15, 0.2) is 0 Å². The van der Waals surface area contributed by atoms with Crippen molar-refractivity contribution >= 4 is 96.8 Å². The Bertz CT molecular complexity index is 1870.